The molecule has 1 unspecified atom stereocenters. The molecule has 0 aliphatic rings. The lowest BCUT2D eigenvalue weighted by Gasteiger charge is -2.19. The van der Waals surface area contributed by atoms with Gasteiger partial charge in [-0.1, -0.05) is 12.1 Å². The van der Waals surface area contributed by atoms with Gasteiger partial charge in [-0.15, -0.1) is 0 Å². The lowest BCUT2D eigenvalue weighted by Crippen LogP contribution is -2.29. The van der Waals surface area contributed by atoms with Gasteiger partial charge in [0.25, 0.3) is 0 Å². The number of nitrogens with one attached hydrogen (secondary N) is 1. The molecule has 1 heterocycles. The molecule has 0 aliphatic carbocycles. The summed E-state index contributed by atoms with van der Waals surface area (Å²) in [7, 11) is 0. The number of aromatic nitrogens is 1. The van der Waals surface area contributed by atoms with E-state index in [1.165, 1.54) is 0 Å². The van der Waals surface area contributed by atoms with E-state index in [4.69, 9.17) is 10.6 Å². The summed E-state index contributed by atoms with van der Waals surface area (Å²) in [5, 5.41) is 0. The molecule has 0 bridgehead atoms. The first-order valence-electron chi connectivity index (χ1n) is 6.35. The molecular formula is C15H19N3O. The van der Waals surface area contributed by atoms with E-state index in [1.54, 1.807) is 6.20 Å². The Hall–Kier alpha value is -1.91. The maximum atomic E-state index is 5.71. The summed E-state index contributed by atoms with van der Waals surface area (Å²) < 4.78 is 5.52. The molecule has 1 aromatic heterocycles. The van der Waals surface area contributed by atoms with Gasteiger partial charge in [0.15, 0.2) is 0 Å². The molecule has 2 rings (SSSR count). The third-order valence-electron chi connectivity index (χ3n) is 3.06. The Morgan fingerprint density at radius 2 is 2.21 bits per heavy atom. The van der Waals surface area contributed by atoms with Crippen LogP contribution in [-0.2, 0) is 0 Å². The topological polar surface area (TPSA) is 60.2 Å². The number of nitrogens with zero attached hydrogens (tertiary/aromatic N) is 1. The van der Waals surface area contributed by atoms with Crippen molar-refractivity contribution >= 4 is 0 Å². The zero-order valence-corrected chi connectivity index (χ0v) is 11.3. The molecule has 100 valence electrons. The second-order valence-electron chi connectivity index (χ2n) is 4.34. The van der Waals surface area contributed by atoms with Crippen molar-refractivity contribution in [3.63, 3.8) is 0 Å². The highest BCUT2D eigenvalue weighted by Crippen LogP contribution is 2.26. The van der Waals surface area contributed by atoms with Crippen LogP contribution in [0.4, 0.5) is 0 Å². The second kappa shape index (κ2) is 6.31. The summed E-state index contributed by atoms with van der Waals surface area (Å²) in [6.07, 6.45) is 3.62. The highest BCUT2D eigenvalue weighted by molar-refractivity contribution is 5.38. The van der Waals surface area contributed by atoms with Gasteiger partial charge >= 0.3 is 0 Å². The van der Waals surface area contributed by atoms with Gasteiger partial charge in [-0.3, -0.25) is 10.8 Å². The van der Waals surface area contributed by atoms with Crippen LogP contribution in [0.3, 0.4) is 0 Å². The molecule has 1 aromatic carbocycles. The Labute approximate surface area is 113 Å². The van der Waals surface area contributed by atoms with Crippen molar-refractivity contribution in [3.05, 3.63) is 59.4 Å². The Morgan fingerprint density at radius 3 is 2.89 bits per heavy atom. The van der Waals surface area contributed by atoms with Crippen molar-refractivity contribution in [2.75, 3.05) is 6.61 Å². The van der Waals surface area contributed by atoms with E-state index < -0.39 is 0 Å². The zero-order chi connectivity index (χ0) is 13.7. The number of hydrogen-bond donors (Lipinski definition) is 2. The number of rotatable bonds is 5. The van der Waals surface area contributed by atoms with Crippen molar-refractivity contribution in [2.24, 2.45) is 5.84 Å². The van der Waals surface area contributed by atoms with E-state index in [-0.39, 0.29) is 6.04 Å². The van der Waals surface area contributed by atoms with E-state index in [0.717, 1.165) is 22.4 Å². The summed E-state index contributed by atoms with van der Waals surface area (Å²) in [6, 6.07) is 9.83. The lowest BCUT2D eigenvalue weighted by molar-refractivity contribution is 0.339. The monoisotopic (exact) mass is 257 g/mol. The van der Waals surface area contributed by atoms with Crippen LogP contribution >= 0.6 is 0 Å². The Kier molecular flexibility index (Phi) is 4.49. The van der Waals surface area contributed by atoms with Crippen LogP contribution < -0.4 is 16.0 Å². The fourth-order valence-corrected chi connectivity index (χ4v) is 2.09. The minimum Gasteiger partial charge on any atom is -0.494 e. The Balaban J connectivity index is 2.37. The van der Waals surface area contributed by atoms with Gasteiger partial charge in [0.05, 0.1) is 12.6 Å². The van der Waals surface area contributed by atoms with E-state index in [0.29, 0.717) is 6.61 Å². The summed E-state index contributed by atoms with van der Waals surface area (Å²) in [6.45, 7) is 4.67. The van der Waals surface area contributed by atoms with Crippen molar-refractivity contribution in [1.82, 2.24) is 10.4 Å². The van der Waals surface area contributed by atoms with Crippen molar-refractivity contribution in [3.8, 4) is 5.75 Å². The SMILES string of the molecule is CCOc1cccc(C(NN)c2cnccc2C)c1. The molecule has 2 aromatic rings. The number of nitrogens with two attached hydrogens (primary N) is 1. The fraction of sp³-hybridized carbons (Fsp3) is 0.267. The summed E-state index contributed by atoms with van der Waals surface area (Å²) in [4.78, 5) is 4.17. The number of hydrogen-bond acceptors (Lipinski definition) is 4. The molecule has 4 nitrogen and oxygen atoms in total. The van der Waals surface area contributed by atoms with Crippen LogP contribution in [0.1, 0.15) is 29.7 Å². The maximum Gasteiger partial charge on any atom is 0.119 e. The minimum absolute atomic E-state index is 0.0888. The van der Waals surface area contributed by atoms with E-state index in [1.807, 2.05) is 50.4 Å². The number of pyridine rings is 1. The van der Waals surface area contributed by atoms with Crippen LogP contribution in [0.25, 0.3) is 0 Å². The molecular weight excluding hydrogens is 238 g/mol. The Morgan fingerprint density at radius 1 is 1.37 bits per heavy atom. The molecule has 0 aliphatic heterocycles. The summed E-state index contributed by atoms with van der Waals surface area (Å²) >= 11 is 0. The Bertz CT molecular complexity index is 542. The molecule has 0 spiro atoms. The third-order valence-corrected chi connectivity index (χ3v) is 3.06. The van der Waals surface area contributed by atoms with Crippen molar-refractivity contribution in [1.29, 1.82) is 0 Å². The first-order valence-corrected chi connectivity index (χ1v) is 6.35. The van der Waals surface area contributed by atoms with Crippen LogP contribution in [0.15, 0.2) is 42.7 Å². The second-order valence-corrected chi connectivity index (χ2v) is 4.34. The highest BCUT2D eigenvalue weighted by atomic mass is 16.5. The van der Waals surface area contributed by atoms with Crippen LogP contribution in [0.5, 0.6) is 5.75 Å². The first kappa shape index (κ1) is 13.5. The number of benzene rings is 1. The molecule has 0 saturated carbocycles. The lowest BCUT2D eigenvalue weighted by atomic mass is 9.97. The fourth-order valence-electron chi connectivity index (χ4n) is 2.09. The summed E-state index contributed by atoms with van der Waals surface area (Å²) in [5.74, 6) is 6.56. The van der Waals surface area contributed by atoms with Crippen molar-refractivity contribution in [2.45, 2.75) is 19.9 Å². The highest BCUT2D eigenvalue weighted by Gasteiger charge is 2.15. The van der Waals surface area contributed by atoms with Gasteiger partial charge < -0.3 is 4.74 Å². The molecule has 0 radical (unpaired) electrons. The molecule has 0 amide bonds. The molecule has 3 N–H and O–H groups in total. The molecule has 0 saturated heterocycles. The first-order chi connectivity index (χ1) is 9.26. The molecule has 1 atom stereocenters. The van der Waals surface area contributed by atoms with E-state index >= 15 is 0 Å². The number of hydrazine groups is 1. The average Bonchev–Trinajstić information content (AvgIpc) is 2.43. The van der Waals surface area contributed by atoms with Gasteiger partial charge in [-0.2, -0.15) is 0 Å². The van der Waals surface area contributed by atoms with Gasteiger partial charge in [0, 0.05) is 12.4 Å². The standard InChI is InChI=1S/C15H19N3O/c1-3-19-13-6-4-5-12(9-13)15(18-16)14-10-17-8-7-11(14)2/h4-10,15,18H,3,16H2,1-2H3. The van der Waals surface area contributed by atoms with Gasteiger partial charge in [0.2, 0.25) is 0 Å². The van der Waals surface area contributed by atoms with Crippen LogP contribution in [0, 0.1) is 6.92 Å². The maximum absolute atomic E-state index is 5.71. The van der Waals surface area contributed by atoms with Crippen LogP contribution in [-0.4, -0.2) is 11.6 Å². The van der Waals surface area contributed by atoms with Crippen molar-refractivity contribution < 1.29 is 4.74 Å². The predicted octanol–water partition coefficient (Wildman–Crippen LogP) is 2.34. The number of ether oxygens (including phenoxy) is 1. The molecule has 0 fully saturated rings. The van der Waals surface area contributed by atoms with E-state index in [2.05, 4.69) is 10.4 Å². The van der Waals surface area contributed by atoms with Gasteiger partial charge in [-0.05, 0) is 48.7 Å². The normalized spacial score (nSPS) is 12.2. The largest absolute Gasteiger partial charge is 0.494 e. The summed E-state index contributed by atoms with van der Waals surface area (Å²) in [5.41, 5.74) is 6.13. The third kappa shape index (κ3) is 3.10. The molecule has 19 heavy (non-hydrogen) atoms. The molecule has 4 heteroatoms. The van der Waals surface area contributed by atoms with Crippen LogP contribution in [0.2, 0.25) is 0 Å². The van der Waals surface area contributed by atoms with Gasteiger partial charge in [-0.25, -0.2) is 5.43 Å². The quantitative estimate of drug-likeness (QED) is 0.637. The van der Waals surface area contributed by atoms with Gasteiger partial charge in [0.1, 0.15) is 5.75 Å². The zero-order valence-electron chi connectivity index (χ0n) is 11.3. The smallest absolute Gasteiger partial charge is 0.119 e. The predicted molar refractivity (Wildman–Crippen MR) is 75.8 cm³/mol. The number of aryl methyl sites for hydroxylation is 1. The van der Waals surface area contributed by atoms with E-state index in [9.17, 15) is 0 Å². The average molecular weight is 257 g/mol. The minimum atomic E-state index is -0.0888.